The lowest BCUT2D eigenvalue weighted by Gasteiger charge is -2.22. The highest BCUT2D eigenvalue weighted by atomic mass is 19.3. The monoisotopic (exact) mass is 346 g/mol. The number of aliphatic hydroxyl groups excluding tert-OH is 1. The molecule has 132 valence electrons. The predicted octanol–water partition coefficient (Wildman–Crippen LogP) is 3.55. The van der Waals surface area contributed by atoms with Gasteiger partial charge in [-0.25, -0.2) is 8.78 Å². The van der Waals surface area contributed by atoms with Crippen LogP contribution in [0, 0.1) is 0 Å². The Morgan fingerprint density at radius 1 is 1.44 bits per heavy atom. The van der Waals surface area contributed by atoms with Crippen molar-refractivity contribution in [2.45, 2.75) is 38.2 Å². The second kappa shape index (κ2) is 6.88. The molecule has 1 aromatic carbocycles. The summed E-state index contributed by atoms with van der Waals surface area (Å²) < 4.78 is 26.7. The first-order chi connectivity index (χ1) is 11.9. The van der Waals surface area contributed by atoms with E-state index in [0.29, 0.717) is 17.5 Å². The third-order valence-electron chi connectivity index (χ3n) is 4.38. The number of hydrogen-bond acceptors (Lipinski definition) is 3. The van der Waals surface area contributed by atoms with Gasteiger partial charge in [0.05, 0.1) is 17.7 Å². The molecule has 0 fully saturated rings. The normalized spacial score (nSPS) is 17.8. The summed E-state index contributed by atoms with van der Waals surface area (Å²) in [6.07, 6.45) is 2.96. The van der Waals surface area contributed by atoms with E-state index in [1.165, 1.54) is 6.20 Å². The van der Waals surface area contributed by atoms with Crippen LogP contribution in [-0.2, 0) is 0 Å². The Hall–Kier alpha value is -2.34. The van der Waals surface area contributed by atoms with Crippen molar-refractivity contribution in [1.29, 1.82) is 0 Å². The van der Waals surface area contributed by atoms with Crippen molar-refractivity contribution >= 4 is 22.4 Å². The van der Waals surface area contributed by atoms with Gasteiger partial charge in [-0.1, -0.05) is 24.3 Å². The van der Waals surface area contributed by atoms with E-state index < -0.39 is 5.92 Å². The quantitative estimate of drug-likeness (QED) is 0.890. The van der Waals surface area contributed by atoms with Gasteiger partial charge in [0.2, 0.25) is 0 Å². The number of aliphatic hydroxyl groups is 1. The summed E-state index contributed by atoms with van der Waals surface area (Å²) in [7, 11) is 0. The number of aromatic nitrogens is 1. The van der Waals surface area contributed by atoms with Gasteiger partial charge < -0.3 is 10.4 Å². The molecule has 1 aliphatic rings. The largest absolute Gasteiger partial charge is 0.394 e. The third-order valence-corrected chi connectivity index (χ3v) is 4.38. The number of rotatable bonds is 4. The minimum Gasteiger partial charge on any atom is -0.394 e. The lowest BCUT2D eigenvalue weighted by molar-refractivity contribution is -0.00602. The zero-order valence-corrected chi connectivity index (χ0v) is 13.9. The van der Waals surface area contributed by atoms with Crippen LogP contribution in [0.3, 0.4) is 0 Å². The first-order valence-corrected chi connectivity index (χ1v) is 8.27. The Balaban J connectivity index is 1.93. The molecule has 0 spiro atoms. The van der Waals surface area contributed by atoms with Crippen LogP contribution in [0.2, 0.25) is 0 Å². The number of nitrogens with zero attached hydrogens (tertiary/aromatic N) is 1. The fourth-order valence-electron chi connectivity index (χ4n) is 2.94. The van der Waals surface area contributed by atoms with E-state index in [4.69, 9.17) is 5.11 Å². The van der Waals surface area contributed by atoms with Gasteiger partial charge in [0, 0.05) is 36.0 Å². The van der Waals surface area contributed by atoms with E-state index in [-0.39, 0.29) is 31.4 Å². The zero-order chi connectivity index (χ0) is 18.0. The number of fused-ring (bicyclic) bond motifs is 1. The smallest absolute Gasteiger partial charge is 0.253 e. The molecule has 0 radical (unpaired) electrons. The van der Waals surface area contributed by atoms with Crippen LogP contribution in [0.4, 0.5) is 8.78 Å². The lowest BCUT2D eigenvalue weighted by Crippen LogP contribution is -2.35. The number of allylic oxidation sites excluding steroid dienone is 2. The highest BCUT2D eigenvalue weighted by Crippen LogP contribution is 2.37. The Morgan fingerprint density at radius 3 is 2.92 bits per heavy atom. The fourth-order valence-corrected chi connectivity index (χ4v) is 2.94. The van der Waals surface area contributed by atoms with E-state index >= 15 is 0 Å². The number of nitrogens with one attached hydrogen (secondary N) is 1. The van der Waals surface area contributed by atoms with Crippen molar-refractivity contribution in [3.63, 3.8) is 0 Å². The van der Waals surface area contributed by atoms with E-state index in [2.05, 4.69) is 10.3 Å². The zero-order valence-electron chi connectivity index (χ0n) is 13.9. The number of hydrogen-bond donors (Lipinski definition) is 2. The van der Waals surface area contributed by atoms with Gasteiger partial charge in [-0.05, 0) is 25.0 Å². The summed E-state index contributed by atoms with van der Waals surface area (Å²) in [5.74, 6) is -2.94. The first-order valence-electron chi connectivity index (χ1n) is 8.27. The standard InChI is InChI=1S/C19H20F2N2O2/c1-12(11-24)23-18(25)15-9-14-3-2-4-16(17(14)22-10-15)13-5-7-19(20,21)8-6-13/h2-5,9-10,12,24H,6-8,11H2,1H3,(H,23,25)/t12-/m0/s1. The number of pyridine rings is 1. The molecule has 2 aromatic rings. The summed E-state index contributed by atoms with van der Waals surface area (Å²) in [5.41, 5.74) is 2.80. The van der Waals surface area contributed by atoms with Crippen molar-refractivity contribution in [1.82, 2.24) is 10.3 Å². The van der Waals surface area contributed by atoms with Gasteiger partial charge in [0.15, 0.2) is 0 Å². The summed E-state index contributed by atoms with van der Waals surface area (Å²) in [4.78, 5) is 16.6. The van der Waals surface area contributed by atoms with Crippen molar-refractivity contribution in [2.24, 2.45) is 0 Å². The molecule has 0 aliphatic heterocycles. The lowest BCUT2D eigenvalue weighted by atomic mass is 9.90. The molecule has 1 atom stereocenters. The first kappa shape index (κ1) is 17.5. The Bertz CT molecular complexity index is 833. The number of alkyl halides is 2. The number of halogens is 2. The van der Waals surface area contributed by atoms with Crippen molar-refractivity contribution in [3.8, 4) is 0 Å². The van der Waals surface area contributed by atoms with E-state index in [1.54, 1.807) is 19.1 Å². The van der Waals surface area contributed by atoms with Crippen LogP contribution in [0.5, 0.6) is 0 Å². The maximum Gasteiger partial charge on any atom is 0.253 e. The SMILES string of the molecule is C[C@@H](CO)NC(=O)c1cnc2c(C3=CCC(F)(F)CC3)cccc2c1. The molecule has 0 saturated carbocycles. The molecule has 1 heterocycles. The van der Waals surface area contributed by atoms with Crippen molar-refractivity contribution in [3.05, 3.63) is 47.7 Å². The van der Waals surface area contributed by atoms with Gasteiger partial charge in [-0.15, -0.1) is 0 Å². The summed E-state index contributed by atoms with van der Waals surface area (Å²) >= 11 is 0. The van der Waals surface area contributed by atoms with E-state index in [9.17, 15) is 13.6 Å². The van der Waals surface area contributed by atoms with Crippen LogP contribution >= 0.6 is 0 Å². The number of amides is 1. The van der Waals surface area contributed by atoms with Gasteiger partial charge in [0.1, 0.15) is 0 Å². The van der Waals surface area contributed by atoms with Crippen molar-refractivity contribution in [2.75, 3.05) is 6.61 Å². The number of benzene rings is 1. The highest BCUT2D eigenvalue weighted by molar-refractivity contribution is 5.99. The van der Waals surface area contributed by atoms with Crippen LogP contribution < -0.4 is 5.32 Å². The molecule has 4 nitrogen and oxygen atoms in total. The fraction of sp³-hybridized carbons (Fsp3) is 0.368. The summed E-state index contributed by atoms with van der Waals surface area (Å²) in [6.45, 7) is 1.56. The van der Waals surface area contributed by atoms with E-state index in [0.717, 1.165) is 16.5 Å². The summed E-state index contributed by atoms with van der Waals surface area (Å²) in [6, 6.07) is 6.94. The van der Waals surface area contributed by atoms with Crippen LogP contribution in [0.1, 0.15) is 42.1 Å². The van der Waals surface area contributed by atoms with Gasteiger partial charge in [0.25, 0.3) is 11.8 Å². The van der Waals surface area contributed by atoms with Gasteiger partial charge in [-0.2, -0.15) is 0 Å². The Kier molecular flexibility index (Phi) is 4.81. The molecule has 6 heteroatoms. The number of carbonyl (C=O) groups excluding carboxylic acids is 1. The summed E-state index contributed by atoms with van der Waals surface area (Å²) in [5, 5.41) is 12.5. The third kappa shape index (κ3) is 3.85. The van der Waals surface area contributed by atoms with Gasteiger partial charge >= 0.3 is 0 Å². The Labute approximate surface area is 144 Å². The maximum atomic E-state index is 13.4. The van der Waals surface area contributed by atoms with E-state index in [1.807, 2.05) is 18.2 Å². The van der Waals surface area contributed by atoms with Crippen LogP contribution in [0.15, 0.2) is 36.5 Å². The minimum absolute atomic E-state index is 0.143. The molecule has 25 heavy (non-hydrogen) atoms. The molecule has 1 aromatic heterocycles. The highest BCUT2D eigenvalue weighted by Gasteiger charge is 2.31. The number of para-hydroxylation sites is 1. The molecular weight excluding hydrogens is 326 g/mol. The molecule has 0 unspecified atom stereocenters. The van der Waals surface area contributed by atoms with Crippen LogP contribution in [-0.4, -0.2) is 34.6 Å². The molecule has 3 rings (SSSR count). The second-order valence-electron chi connectivity index (χ2n) is 6.45. The minimum atomic E-state index is -2.63. The average Bonchev–Trinajstić information content (AvgIpc) is 2.60. The topological polar surface area (TPSA) is 62.2 Å². The number of carbonyl (C=O) groups is 1. The van der Waals surface area contributed by atoms with Crippen molar-refractivity contribution < 1.29 is 18.7 Å². The molecule has 2 N–H and O–H groups in total. The van der Waals surface area contributed by atoms with Gasteiger partial charge in [-0.3, -0.25) is 9.78 Å². The average molecular weight is 346 g/mol. The maximum absolute atomic E-state index is 13.4. The Morgan fingerprint density at radius 2 is 2.24 bits per heavy atom. The second-order valence-corrected chi connectivity index (χ2v) is 6.45. The molecule has 0 saturated heterocycles. The predicted molar refractivity (Wildman–Crippen MR) is 92.5 cm³/mol. The molecular formula is C19H20F2N2O2. The molecule has 1 amide bonds. The molecule has 1 aliphatic carbocycles. The molecule has 0 bridgehead atoms. The van der Waals surface area contributed by atoms with Crippen LogP contribution in [0.25, 0.3) is 16.5 Å².